The smallest absolute Gasteiger partial charge is 0.267 e. The molecule has 0 aliphatic carbocycles. The van der Waals surface area contributed by atoms with Crippen LogP contribution in [0.4, 0.5) is 11.8 Å². The maximum atomic E-state index is 13.6. The summed E-state index contributed by atoms with van der Waals surface area (Å²) in [5.41, 5.74) is 7.77. The number of aromatic nitrogens is 5. The second-order valence-electron chi connectivity index (χ2n) is 8.10. The fraction of sp³-hybridized carbons (Fsp3) is 0.160. The Morgan fingerprint density at radius 3 is 2.63 bits per heavy atom. The first-order valence-electron chi connectivity index (χ1n) is 11.0. The van der Waals surface area contributed by atoms with Crippen LogP contribution < -0.4 is 16.6 Å². The van der Waals surface area contributed by atoms with Gasteiger partial charge in [-0.15, -0.1) is 11.3 Å². The lowest BCUT2D eigenvalue weighted by molar-refractivity contribution is 0.692. The van der Waals surface area contributed by atoms with Crippen molar-refractivity contribution in [1.82, 2.24) is 24.5 Å². The number of fused-ring (bicyclic) bond motifs is 1. The number of rotatable bonds is 6. The quantitative estimate of drug-likeness (QED) is 0.333. The third kappa shape index (κ3) is 4.48. The number of anilines is 2. The van der Waals surface area contributed by atoms with Crippen LogP contribution in [0.3, 0.4) is 0 Å². The van der Waals surface area contributed by atoms with Gasteiger partial charge in [0.1, 0.15) is 11.6 Å². The summed E-state index contributed by atoms with van der Waals surface area (Å²) in [6.07, 6.45) is 3.49. The van der Waals surface area contributed by atoms with Crippen LogP contribution in [-0.4, -0.2) is 31.0 Å². The highest BCUT2D eigenvalue weighted by atomic mass is 35.5. The number of nitrogens with two attached hydrogens (primary N) is 1. The van der Waals surface area contributed by atoms with Gasteiger partial charge in [0, 0.05) is 24.9 Å². The lowest BCUT2D eigenvalue weighted by atomic mass is 10.1. The zero-order valence-corrected chi connectivity index (χ0v) is 20.6. The van der Waals surface area contributed by atoms with Crippen molar-refractivity contribution in [1.29, 1.82) is 0 Å². The molecule has 0 spiro atoms. The number of nitrogens with one attached hydrogen (secondary N) is 1. The van der Waals surface area contributed by atoms with Crippen molar-refractivity contribution in [2.45, 2.75) is 19.8 Å². The van der Waals surface area contributed by atoms with Crippen LogP contribution >= 0.6 is 22.9 Å². The summed E-state index contributed by atoms with van der Waals surface area (Å²) in [6, 6.07) is 14.7. The van der Waals surface area contributed by atoms with E-state index in [0.717, 1.165) is 21.1 Å². The molecule has 10 heteroatoms. The molecule has 0 aliphatic rings. The van der Waals surface area contributed by atoms with Gasteiger partial charge in [-0.05, 0) is 31.2 Å². The molecule has 1 atom stereocenters. The average Bonchev–Trinajstić information content (AvgIpc) is 3.28. The monoisotopic (exact) mass is 503 g/mol. The van der Waals surface area contributed by atoms with Gasteiger partial charge in [0.15, 0.2) is 0 Å². The largest absolute Gasteiger partial charge is 0.369 e. The molecule has 0 bridgehead atoms. The number of aryl methyl sites for hydroxylation is 1. The van der Waals surface area contributed by atoms with E-state index in [2.05, 4.69) is 20.3 Å². The van der Waals surface area contributed by atoms with Gasteiger partial charge >= 0.3 is 0 Å². The van der Waals surface area contributed by atoms with Crippen LogP contribution in [0.2, 0.25) is 5.02 Å². The maximum absolute atomic E-state index is 13.6. The first-order chi connectivity index (χ1) is 16.9. The maximum Gasteiger partial charge on any atom is 0.267 e. The SMILES string of the molecule is Cc1ncc(-c2cnc(N)nc2NC[C@H](C)c2nc3cccc(Cl)c3c(=O)n2-c2ccccc2)s1. The van der Waals surface area contributed by atoms with Crippen molar-refractivity contribution in [3.05, 3.63) is 87.1 Å². The summed E-state index contributed by atoms with van der Waals surface area (Å²) < 4.78 is 1.63. The molecule has 0 unspecified atom stereocenters. The number of hydrogen-bond acceptors (Lipinski definition) is 8. The van der Waals surface area contributed by atoms with Crippen LogP contribution in [0.25, 0.3) is 27.0 Å². The Bertz CT molecular complexity index is 1580. The van der Waals surface area contributed by atoms with E-state index in [1.165, 1.54) is 0 Å². The third-order valence-electron chi connectivity index (χ3n) is 5.60. The van der Waals surface area contributed by atoms with Crippen molar-refractivity contribution >= 4 is 45.6 Å². The zero-order valence-electron chi connectivity index (χ0n) is 19.1. The van der Waals surface area contributed by atoms with Gasteiger partial charge in [-0.2, -0.15) is 4.98 Å². The second kappa shape index (κ2) is 9.44. The molecule has 0 aliphatic heterocycles. The molecule has 3 aromatic heterocycles. The summed E-state index contributed by atoms with van der Waals surface area (Å²) in [4.78, 5) is 32.3. The van der Waals surface area contributed by atoms with Gasteiger partial charge in [0.25, 0.3) is 5.56 Å². The van der Waals surface area contributed by atoms with Crippen molar-refractivity contribution in [2.75, 3.05) is 17.6 Å². The van der Waals surface area contributed by atoms with Crippen molar-refractivity contribution in [3.8, 4) is 16.1 Å². The van der Waals surface area contributed by atoms with Gasteiger partial charge in [-0.25, -0.2) is 15.0 Å². The van der Waals surface area contributed by atoms with E-state index in [-0.39, 0.29) is 17.4 Å². The highest BCUT2D eigenvalue weighted by Gasteiger charge is 2.20. The molecular formula is C25H22ClN7OS. The zero-order chi connectivity index (χ0) is 24.5. The number of halogens is 1. The fourth-order valence-corrected chi connectivity index (χ4v) is 4.94. The van der Waals surface area contributed by atoms with E-state index in [4.69, 9.17) is 22.3 Å². The molecule has 0 saturated heterocycles. The summed E-state index contributed by atoms with van der Waals surface area (Å²) in [5.74, 6) is 1.22. The number of thiazole rings is 1. The van der Waals surface area contributed by atoms with E-state index >= 15 is 0 Å². The number of nitrogen functional groups attached to an aromatic ring is 1. The second-order valence-corrected chi connectivity index (χ2v) is 9.74. The van der Waals surface area contributed by atoms with Crippen molar-refractivity contribution < 1.29 is 0 Å². The molecule has 5 aromatic rings. The van der Waals surface area contributed by atoms with Gasteiger partial charge in [0.2, 0.25) is 5.95 Å². The van der Waals surface area contributed by atoms with Crippen molar-refractivity contribution in [3.63, 3.8) is 0 Å². The molecule has 0 amide bonds. The Kier molecular flexibility index (Phi) is 6.19. The highest BCUT2D eigenvalue weighted by molar-refractivity contribution is 7.15. The van der Waals surface area contributed by atoms with Crippen LogP contribution in [0.15, 0.2) is 65.7 Å². The molecule has 0 radical (unpaired) electrons. The predicted octanol–water partition coefficient (Wildman–Crippen LogP) is 5.06. The molecule has 0 fully saturated rings. The van der Waals surface area contributed by atoms with E-state index in [1.807, 2.05) is 44.2 Å². The van der Waals surface area contributed by atoms with Gasteiger partial charge < -0.3 is 11.1 Å². The standard InChI is InChI=1S/C25H22ClN7OS/c1-14(11-29-22-17(12-30-25(27)32-22)20-13-28-15(2)35-20)23-31-19-10-6-9-18(26)21(19)24(34)33(23)16-7-4-3-5-8-16/h3-10,12-14H,11H2,1-2H3,(H3,27,29,30,32)/t14-/m0/s1. The average molecular weight is 504 g/mol. The van der Waals surface area contributed by atoms with Crippen LogP contribution in [0.1, 0.15) is 23.7 Å². The number of nitrogens with zero attached hydrogens (tertiary/aromatic N) is 5. The summed E-state index contributed by atoms with van der Waals surface area (Å²) in [7, 11) is 0. The molecule has 2 aromatic carbocycles. The molecular weight excluding hydrogens is 482 g/mol. The summed E-state index contributed by atoms with van der Waals surface area (Å²) in [6.45, 7) is 4.40. The van der Waals surface area contributed by atoms with Crippen LogP contribution in [0.5, 0.6) is 0 Å². The molecule has 5 rings (SSSR count). The third-order valence-corrected chi connectivity index (χ3v) is 6.86. The molecule has 176 valence electrons. The topological polar surface area (TPSA) is 112 Å². The molecule has 3 N–H and O–H groups in total. The van der Waals surface area contributed by atoms with Gasteiger partial charge in [-0.3, -0.25) is 9.36 Å². The molecule has 8 nitrogen and oxygen atoms in total. The Balaban J connectivity index is 1.56. The summed E-state index contributed by atoms with van der Waals surface area (Å²) >= 11 is 7.94. The Labute approximate surface area is 210 Å². The van der Waals surface area contributed by atoms with Gasteiger partial charge in [-0.1, -0.05) is 42.8 Å². The Hall–Kier alpha value is -3.82. The fourth-order valence-electron chi connectivity index (χ4n) is 3.90. The minimum absolute atomic E-state index is 0.168. The van der Waals surface area contributed by atoms with E-state index in [9.17, 15) is 4.79 Å². The van der Waals surface area contributed by atoms with E-state index in [1.54, 1.807) is 46.5 Å². The number of hydrogen-bond donors (Lipinski definition) is 2. The predicted molar refractivity (Wildman–Crippen MR) is 142 cm³/mol. The van der Waals surface area contributed by atoms with Crippen LogP contribution in [-0.2, 0) is 0 Å². The Morgan fingerprint density at radius 2 is 1.89 bits per heavy atom. The lowest BCUT2D eigenvalue weighted by Gasteiger charge is -2.20. The number of benzene rings is 2. The first kappa shape index (κ1) is 22.9. The minimum atomic E-state index is -0.208. The first-order valence-corrected chi connectivity index (χ1v) is 12.2. The minimum Gasteiger partial charge on any atom is -0.369 e. The van der Waals surface area contributed by atoms with E-state index < -0.39 is 0 Å². The Morgan fingerprint density at radius 1 is 1.09 bits per heavy atom. The molecule has 3 heterocycles. The normalized spacial score (nSPS) is 12.1. The molecule has 0 saturated carbocycles. The summed E-state index contributed by atoms with van der Waals surface area (Å²) in [5, 5.41) is 5.10. The highest BCUT2D eigenvalue weighted by Crippen LogP contribution is 2.31. The van der Waals surface area contributed by atoms with E-state index in [0.29, 0.717) is 34.1 Å². The van der Waals surface area contributed by atoms with Gasteiger partial charge in [0.05, 0.1) is 37.1 Å². The number of para-hydroxylation sites is 1. The van der Waals surface area contributed by atoms with Crippen LogP contribution in [0, 0.1) is 6.92 Å². The molecule has 35 heavy (non-hydrogen) atoms. The van der Waals surface area contributed by atoms with Crippen molar-refractivity contribution in [2.24, 2.45) is 0 Å². The lowest BCUT2D eigenvalue weighted by Crippen LogP contribution is -2.27.